The van der Waals surface area contributed by atoms with Crippen LogP contribution in [0.1, 0.15) is 64.9 Å². The molecule has 1 aliphatic carbocycles. The summed E-state index contributed by atoms with van der Waals surface area (Å²) in [5.41, 5.74) is 0.0534. The van der Waals surface area contributed by atoms with Crippen LogP contribution in [0.2, 0.25) is 0 Å². The summed E-state index contributed by atoms with van der Waals surface area (Å²) in [6, 6.07) is 4.52. The van der Waals surface area contributed by atoms with Crippen LogP contribution in [-0.2, 0) is 40.0 Å². The molecule has 6 rings (SSSR count). The Hall–Kier alpha value is -2.40. The molecule has 5 aliphatic rings. The first-order chi connectivity index (χ1) is 17.6. The highest BCUT2D eigenvalue weighted by Gasteiger charge is 2.69. The zero-order chi connectivity index (χ0) is 26.4. The van der Waals surface area contributed by atoms with Crippen LogP contribution < -0.4 is 5.32 Å². The molecule has 1 aromatic carbocycles. The molecule has 204 valence electrons. The van der Waals surface area contributed by atoms with Gasteiger partial charge in [0.05, 0.1) is 6.42 Å². The Morgan fingerprint density at radius 3 is 2.68 bits per heavy atom. The Bertz CT molecular complexity index is 1030. The van der Waals surface area contributed by atoms with Crippen LogP contribution in [-0.4, -0.2) is 52.6 Å². The molecule has 1 spiro atoms. The summed E-state index contributed by atoms with van der Waals surface area (Å²) < 4.78 is 18.3. The number of phenolic OH excluding ortho intramolecular Hbond substituents is 2. The highest BCUT2D eigenvalue weighted by molar-refractivity contribution is 5.81. The number of phenols is 2. The van der Waals surface area contributed by atoms with Crippen molar-refractivity contribution in [1.82, 2.24) is 5.32 Å². The van der Waals surface area contributed by atoms with Gasteiger partial charge >= 0.3 is 5.97 Å². The molecule has 4 saturated heterocycles. The SMILES string of the molecule is C[C@H]1[C@H](OC(=O)CCC(=O)NCCc2ccc(O)c(O)c2)O[C@@H]2O[C@@]3(C)CC[C@H]4[C@H](C)CC[C@H]1[C@@]24OO3. The van der Waals surface area contributed by atoms with Gasteiger partial charge in [-0.3, -0.25) is 9.59 Å². The van der Waals surface area contributed by atoms with Crippen LogP contribution in [0.25, 0.3) is 0 Å². The van der Waals surface area contributed by atoms with Crippen molar-refractivity contribution in [1.29, 1.82) is 0 Å². The largest absolute Gasteiger partial charge is 0.504 e. The first kappa shape index (κ1) is 26.2. The fourth-order valence-electron chi connectivity index (χ4n) is 6.57. The molecule has 1 saturated carbocycles. The monoisotopic (exact) mass is 519 g/mol. The molecule has 37 heavy (non-hydrogen) atoms. The summed E-state index contributed by atoms with van der Waals surface area (Å²) in [7, 11) is 0. The highest BCUT2D eigenvalue weighted by atomic mass is 17.3. The van der Waals surface area contributed by atoms with Gasteiger partial charge < -0.3 is 29.7 Å². The molecule has 2 bridgehead atoms. The molecule has 4 heterocycles. The lowest BCUT2D eigenvalue weighted by molar-refractivity contribution is -0.576. The standard InChI is InChI=1S/C27H37NO9/c1-15-4-6-19-16(2)24(34-25-27(19)18(15)10-12-26(3,35-25)36-37-27)33-23(32)9-8-22(31)28-13-11-17-5-7-20(29)21(30)14-17/h5,7,14-16,18-19,24-25,29-30H,4,6,8-13H2,1-3H3,(H,28,31)/t15-,16-,18+,19-,24-,25-,26-,27-/m1/s1. The summed E-state index contributed by atoms with van der Waals surface area (Å²) in [6.45, 7) is 6.44. The van der Waals surface area contributed by atoms with E-state index in [1.54, 1.807) is 6.07 Å². The summed E-state index contributed by atoms with van der Waals surface area (Å²) in [4.78, 5) is 36.8. The number of rotatable bonds is 7. The maximum absolute atomic E-state index is 12.7. The number of fused-ring (bicyclic) bond motifs is 2. The Morgan fingerprint density at radius 1 is 1.08 bits per heavy atom. The van der Waals surface area contributed by atoms with Gasteiger partial charge in [0.15, 0.2) is 23.4 Å². The second-order valence-corrected chi connectivity index (χ2v) is 11.2. The number of esters is 1. The van der Waals surface area contributed by atoms with Crippen molar-refractivity contribution in [3.8, 4) is 11.5 Å². The van der Waals surface area contributed by atoms with E-state index in [2.05, 4.69) is 12.2 Å². The third kappa shape index (κ3) is 4.92. The number of hydrogen-bond acceptors (Lipinski definition) is 9. The van der Waals surface area contributed by atoms with Crippen LogP contribution in [0, 0.1) is 23.7 Å². The molecule has 0 unspecified atom stereocenters. The minimum Gasteiger partial charge on any atom is -0.504 e. The van der Waals surface area contributed by atoms with Crippen molar-refractivity contribution < 1.29 is 43.8 Å². The summed E-state index contributed by atoms with van der Waals surface area (Å²) in [6.07, 6.45) is 2.50. The van der Waals surface area contributed by atoms with E-state index in [1.165, 1.54) is 12.1 Å². The summed E-state index contributed by atoms with van der Waals surface area (Å²) >= 11 is 0. The fourth-order valence-corrected chi connectivity index (χ4v) is 6.57. The lowest BCUT2D eigenvalue weighted by atomic mass is 9.58. The third-order valence-corrected chi connectivity index (χ3v) is 8.68. The van der Waals surface area contributed by atoms with E-state index in [0.717, 1.165) is 24.8 Å². The average Bonchev–Trinajstić information content (AvgIpc) is 3.09. The molecule has 4 aliphatic heterocycles. The zero-order valence-corrected chi connectivity index (χ0v) is 21.6. The molecule has 0 aromatic heterocycles. The molecule has 10 heteroatoms. The summed E-state index contributed by atoms with van der Waals surface area (Å²) in [5.74, 6) is -1.47. The number of aromatic hydroxyl groups is 2. The van der Waals surface area contributed by atoms with E-state index in [9.17, 15) is 19.8 Å². The predicted octanol–water partition coefficient (Wildman–Crippen LogP) is 3.29. The normalized spacial score (nSPS) is 38.4. The van der Waals surface area contributed by atoms with Crippen LogP contribution in [0.5, 0.6) is 11.5 Å². The number of hydrogen-bond donors (Lipinski definition) is 3. The van der Waals surface area contributed by atoms with Gasteiger partial charge in [0.2, 0.25) is 18.0 Å². The number of carbonyl (C=O) groups excluding carboxylic acids is 2. The molecule has 3 N–H and O–H groups in total. The Balaban J connectivity index is 1.14. The Kier molecular flexibility index (Phi) is 7.12. The number of nitrogens with one attached hydrogen (secondary N) is 1. The topological polar surface area (TPSA) is 133 Å². The van der Waals surface area contributed by atoms with Crippen LogP contribution >= 0.6 is 0 Å². The highest BCUT2D eigenvalue weighted by Crippen LogP contribution is 2.60. The second kappa shape index (κ2) is 10.1. The van der Waals surface area contributed by atoms with E-state index in [4.69, 9.17) is 24.0 Å². The Morgan fingerprint density at radius 2 is 1.89 bits per heavy atom. The fraction of sp³-hybridized carbons (Fsp3) is 0.704. The minimum atomic E-state index is -0.899. The summed E-state index contributed by atoms with van der Waals surface area (Å²) in [5, 5.41) is 21.7. The second-order valence-electron chi connectivity index (χ2n) is 11.2. The van der Waals surface area contributed by atoms with Gasteiger partial charge in [-0.25, -0.2) is 9.78 Å². The molecule has 1 amide bonds. The van der Waals surface area contributed by atoms with E-state index >= 15 is 0 Å². The van der Waals surface area contributed by atoms with Crippen molar-refractivity contribution in [3.05, 3.63) is 23.8 Å². The van der Waals surface area contributed by atoms with Crippen molar-refractivity contribution in [2.45, 2.75) is 89.7 Å². The number of ether oxygens (including phenoxy) is 3. The molecule has 10 nitrogen and oxygen atoms in total. The molecule has 8 atom stereocenters. The van der Waals surface area contributed by atoms with Gasteiger partial charge in [0, 0.05) is 31.2 Å². The van der Waals surface area contributed by atoms with E-state index in [0.29, 0.717) is 25.3 Å². The van der Waals surface area contributed by atoms with Gasteiger partial charge in [0.1, 0.15) is 0 Å². The maximum Gasteiger partial charge on any atom is 0.308 e. The lowest BCUT2D eigenvalue weighted by Gasteiger charge is -2.59. The first-order valence-electron chi connectivity index (χ1n) is 13.3. The molecule has 1 aromatic rings. The predicted molar refractivity (Wildman–Crippen MR) is 129 cm³/mol. The lowest BCUT2D eigenvalue weighted by Crippen LogP contribution is -2.70. The molecule has 5 fully saturated rings. The van der Waals surface area contributed by atoms with Gasteiger partial charge in [-0.05, 0) is 62.1 Å². The van der Waals surface area contributed by atoms with Crippen molar-refractivity contribution >= 4 is 11.9 Å². The smallest absolute Gasteiger partial charge is 0.308 e. The molecular formula is C27H37NO9. The number of benzene rings is 1. The van der Waals surface area contributed by atoms with Crippen molar-refractivity contribution in [2.75, 3.05) is 6.54 Å². The third-order valence-electron chi connectivity index (χ3n) is 8.68. The molecular weight excluding hydrogens is 482 g/mol. The van der Waals surface area contributed by atoms with E-state index < -0.39 is 29.9 Å². The van der Waals surface area contributed by atoms with E-state index in [1.807, 2.05) is 13.8 Å². The van der Waals surface area contributed by atoms with Crippen LogP contribution in [0.3, 0.4) is 0 Å². The number of amides is 1. The van der Waals surface area contributed by atoms with Crippen molar-refractivity contribution in [3.63, 3.8) is 0 Å². The van der Waals surface area contributed by atoms with Crippen LogP contribution in [0.15, 0.2) is 18.2 Å². The van der Waals surface area contributed by atoms with Gasteiger partial charge in [-0.1, -0.05) is 19.9 Å². The van der Waals surface area contributed by atoms with Crippen molar-refractivity contribution in [2.24, 2.45) is 23.7 Å². The maximum atomic E-state index is 12.7. The van der Waals surface area contributed by atoms with E-state index in [-0.39, 0.29) is 48.0 Å². The Labute approximate surface area is 216 Å². The van der Waals surface area contributed by atoms with Gasteiger partial charge in [-0.2, -0.15) is 0 Å². The molecule has 0 radical (unpaired) electrons. The number of carbonyl (C=O) groups is 2. The van der Waals surface area contributed by atoms with Crippen LogP contribution in [0.4, 0.5) is 0 Å². The quantitative estimate of drug-likeness (QED) is 0.282. The van der Waals surface area contributed by atoms with Gasteiger partial charge in [0.25, 0.3) is 0 Å². The zero-order valence-electron chi connectivity index (χ0n) is 21.6. The minimum absolute atomic E-state index is 0.0112. The first-order valence-corrected chi connectivity index (χ1v) is 13.3. The van der Waals surface area contributed by atoms with Gasteiger partial charge in [-0.15, -0.1) is 0 Å². The average molecular weight is 520 g/mol.